The predicted molar refractivity (Wildman–Crippen MR) is 69.8 cm³/mol. The van der Waals surface area contributed by atoms with Gasteiger partial charge < -0.3 is 9.47 Å². The molecule has 1 atom stereocenters. The summed E-state index contributed by atoms with van der Waals surface area (Å²) in [6.07, 6.45) is 5.56. The molecule has 2 rings (SSSR count). The normalized spacial score (nSPS) is 19.9. The van der Waals surface area contributed by atoms with Crippen LogP contribution in [0.3, 0.4) is 0 Å². The Balaban J connectivity index is 2.16. The maximum absolute atomic E-state index is 12.1. The van der Waals surface area contributed by atoms with Crippen LogP contribution in [0.4, 0.5) is 5.82 Å². The van der Waals surface area contributed by atoms with E-state index in [9.17, 15) is 4.79 Å². The minimum atomic E-state index is 0.0153. The highest BCUT2D eigenvalue weighted by Crippen LogP contribution is 2.22. The summed E-state index contributed by atoms with van der Waals surface area (Å²) in [5.74, 6) is 1.88. The first kappa shape index (κ1) is 12.4. The van der Waals surface area contributed by atoms with E-state index in [0.717, 1.165) is 25.9 Å². The molecule has 0 aromatic carbocycles. The minimum Gasteiger partial charge on any atom is -0.352 e. The Morgan fingerprint density at radius 2 is 2.41 bits per heavy atom. The topological polar surface area (TPSA) is 38.1 Å². The van der Waals surface area contributed by atoms with Crippen LogP contribution in [-0.4, -0.2) is 28.5 Å². The van der Waals surface area contributed by atoms with Gasteiger partial charge in [-0.05, 0) is 25.7 Å². The fourth-order valence-corrected chi connectivity index (χ4v) is 2.63. The standard InChI is InChI=1S/C12H18ClN3O/c1-2-15-8-6-14-11(12(15)17)16-7-4-10(9-16)3-5-13/h6,8,10H,2-5,7,9H2,1H3. The summed E-state index contributed by atoms with van der Waals surface area (Å²) in [7, 11) is 0. The van der Waals surface area contributed by atoms with Crippen molar-refractivity contribution in [1.82, 2.24) is 9.55 Å². The van der Waals surface area contributed by atoms with E-state index in [1.807, 2.05) is 6.92 Å². The number of nitrogens with zero attached hydrogens (tertiary/aromatic N) is 3. The van der Waals surface area contributed by atoms with Gasteiger partial charge in [-0.2, -0.15) is 0 Å². The summed E-state index contributed by atoms with van der Waals surface area (Å²) in [5.41, 5.74) is 0.0153. The van der Waals surface area contributed by atoms with Gasteiger partial charge in [-0.3, -0.25) is 4.79 Å². The Morgan fingerprint density at radius 3 is 3.12 bits per heavy atom. The van der Waals surface area contributed by atoms with Gasteiger partial charge in [0.2, 0.25) is 0 Å². The molecule has 1 aliphatic heterocycles. The summed E-state index contributed by atoms with van der Waals surface area (Å²) in [6.45, 7) is 4.47. The summed E-state index contributed by atoms with van der Waals surface area (Å²) >= 11 is 5.75. The van der Waals surface area contributed by atoms with Gasteiger partial charge in [-0.25, -0.2) is 4.98 Å². The van der Waals surface area contributed by atoms with Crippen LogP contribution >= 0.6 is 11.6 Å². The highest BCUT2D eigenvalue weighted by atomic mass is 35.5. The number of alkyl halides is 1. The van der Waals surface area contributed by atoms with Crippen molar-refractivity contribution >= 4 is 17.4 Å². The van der Waals surface area contributed by atoms with Crippen molar-refractivity contribution in [3.05, 3.63) is 22.7 Å². The minimum absolute atomic E-state index is 0.0153. The lowest BCUT2D eigenvalue weighted by molar-refractivity contribution is 0.571. The second kappa shape index (κ2) is 5.54. The van der Waals surface area contributed by atoms with Crippen molar-refractivity contribution in [2.45, 2.75) is 26.3 Å². The highest BCUT2D eigenvalue weighted by molar-refractivity contribution is 6.17. The lowest BCUT2D eigenvalue weighted by Crippen LogP contribution is -2.31. The molecule has 1 aromatic heterocycles. The average molecular weight is 256 g/mol. The van der Waals surface area contributed by atoms with E-state index in [2.05, 4.69) is 9.88 Å². The second-order valence-corrected chi connectivity index (χ2v) is 4.80. The van der Waals surface area contributed by atoms with E-state index in [4.69, 9.17) is 11.6 Å². The Morgan fingerprint density at radius 1 is 1.59 bits per heavy atom. The van der Waals surface area contributed by atoms with Gasteiger partial charge in [-0.15, -0.1) is 11.6 Å². The zero-order valence-corrected chi connectivity index (χ0v) is 10.9. The van der Waals surface area contributed by atoms with Gasteiger partial charge in [-0.1, -0.05) is 0 Å². The molecule has 1 aliphatic rings. The molecule has 1 unspecified atom stereocenters. The number of aryl methyl sites for hydroxylation is 1. The predicted octanol–water partition coefficient (Wildman–Crippen LogP) is 1.72. The van der Waals surface area contributed by atoms with Crippen molar-refractivity contribution in [2.75, 3.05) is 23.9 Å². The van der Waals surface area contributed by atoms with Crippen LogP contribution in [0.5, 0.6) is 0 Å². The molecule has 2 heterocycles. The molecule has 0 bridgehead atoms. The molecule has 17 heavy (non-hydrogen) atoms. The molecule has 4 nitrogen and oxygen atoms in total. The monoisotopic (exact) mass is 255 g/mol. The Kier molecular flexibility index (Phi) is 4.05. The van der Waals surface area contributed by atoms with Crippen molar-refractivity contribution in [3.63, 3.8) is 0 Å². The molecule has 0 aliphatic carbocycles. The molecule has 5 heteroatoms. The van der Waals surface area contributed by atoms with Crippen molar-refractivity contribution < 1.29 is 0 Å². The van der Waals surface area contributed by atoms with E-state index < -0.39 is 0 Å². The molecule has 0 saturated carbocycles. The van der Waals surface area contributed by atoms with Crippen LogP contribution < -0.4 is 10.5 Å². The lowest BCUT2D eigenvalue weighted by atomic mass is 10.1. The van der Waals surface area contributed by atoms with Crippen LogP contribution in [0.2, 0.25) is 0 Å². The highest BCUT2D eigenvalue weighted by Gasteiger charge is 2.24. The number of rotatable bonds is 4. The van der Waals surface area contributed by atoms with Crippen molar-refractivity contribution in [3.8, 4) is 0 Å². The number of anilines is 1. The fourth-order valence-electron chi connectivity index (χ4n) is 2.32. The van der Waals surface area contributed by atoms with E-state index in [1.54, 1.807) is 17.0 Å². The van der Waals surface area contributed by atoms with Gasteiger partial charge in [0.1, 0.15) is 0 Å². The first-order valence-electron chi connectivity index (χ1n) is 6.12. The van der Waals surface area contributed by atoms with Crippen LogP contribution in [0, 0.1) is 5.92 Å². The third-order valence-electron chi connectivity index (χ3n) is 3.34. The number of hydrogen-bond acceptors (Lipinski definition) is 3. The van der Waals surface area contributed by atoms with Crippen molar-refractivity contribution in [2.24, 2.45) is 5.92 Å². The van der Waals surface area contributed by atoms with E-state index in [0.29, 0.717) is 24.2 Å². The maximum atomic E-state index is 12.1. The molecular weight excluding hydrogens is 238 g/mol. The lowest BCUT2D eigenvalue weighted by Gasteiger charge is -2.17. The third kappa shape index (κ3) is 2.63. The Labute approximate surface area is 106 Å². The third-order valence-corrected chi connectivity index (χ3v) is 3.56. The van der Waals surface area contributed by atoms with E-state index in [-0.39, 0.29) is 5.56 Å². The van der Waals surface area contributed by atoms with Crippen LogP contribution in [0.15, 0.2) is 17.2 Å². The number of halogens is 1. The molecule has 1 fully saturated rings. The summed E-state index contributed by atoms with van der Waals surface area (Å²) < 4.78 is 1.69. The fraction of sp³-hybridized carbons (Fsp3) is 0.667. The van der Waals surface area contributed by atoms with Gasteiger partial charge in [0.05, 0.1) is 0 Å². The van der Waals surface area contributed by atoms with E-state index >= 15 is 0 Å². The molecule has 0 spiro atoms. The van der Waals surface area contributed by atoms with Gasteiger partial charge >= 0.3 is 0 Å². The number of hydrogen-bond donors (Lipinski definition) is 0. The first-order chi connectivity index (χ1) is 8.26. The molecule has 0 radical (unpaired) electrons. The quantitative estimate of drug-likeness (QED) is 0.769. The molecule has 1 saturated heterocycles. The van der Waals surface area contributed by atoms with Gasteiger partial charge in [0.15, 0.2) is 5.82 Å². The smallest absolute Gasteiger partial charge is 0.293 e. The zero-order valence-electron chi connectivity index (χ0n) is 10.1. The largest absolute Gasteiger partial charge is 0.352 e. The first-order valence-corrected chi connectivity index (χ1v) is 6.66. The van der Waals surface area contributed by atoms with Crippen LogP contribution in [-0.2, 0) is 6.54 Å². The van der Waals surface area contributed by atoms with Gasteiger partial charge in [0, 0.05) is 37.9 Å². The summed E-state index contributed by atoms with van der Waals surface area (Å²) in [5, 5.41) is 0. The Hall–Kier alpha value is -1.03. The van der Waals surface area contributed by atoms with Gasteiger partial charge in [0.25, 0.3) is 5.56 Å². The molecule has 94 valence electrons. The summed E-state index contributed by atoms with van der Waals surface area (Å²) in [6, 6.07) is 0. The Bertz CT molecular complexity index is 432. The molecular formula is C12H18ClN3O. The average Bonchev–Trinajstić information content (AvgIpc) is 2.78. The zero-order chi connectivity index (χ0) is 12.3. The molecule has 1 aromatic rings. The SMILES string of the molecule is CCn1ccnc(N2CCC(CCCl)C2)c1=O. The van der Waals surface area contributed by atoms with E-state index in [1.165, 1.54) is 0 Å². The molecule has 0 amide bonds. The van der Waals surface area contributed by atoms with Crippen molar-refractivity contribution in [1.29, 1.82) is 0 Å². The molecule has 0 N–H and O–H groups in total. The number of aromatic nitrogens is 2. The summed E-state index contributed by atoms with van der Waals surface area (Å²) in [4.78, 5) is 18.4. The van der Waals surface area contributed by atoms with Crippen LogP contribution in [0.25, 0.3) is 0 Å². The second-order valence-electron chi connectivity index (χ2n) is 4.42. The maximum Gasteiger partial charge on any atom is 0.293 e. The van der Waals surface area contributed by atoms with Crippen LogP contribution in [0.1, 0.15) is 19.8 Å².